The molecule has 1 aliphatic carbocycles. The lowest BCUT2D eigenvalue weighted by molar-refractivity contribution is -0.124. The molecule has 14 heavy (non-hydrogen) atoms. The fourth-order valence-electron chi connectivity index (χ4n) is 2.71. The van der Waals surface area contributed by atoms with Gasteiger partial charge >= 0.3 is 0 Å². The van der Waals surface area contributed by atoms with E-state index in [2.05, 4.69) is 0 Å². The normalized spacial score (nSPS) is 41.8. The predicted molar refractivity (Wildman–Crippen MR) is 53.8 cm³/mol. The molecule has 4 heteroatoms. The zero-order valence-corrected chi connectivity index (χ0v) is 9.22. The van der Waals surface area contributed by atoms with Crippen molar-refractivity contribution in [1.82, 2.24) is 0 Å². The van der Waals surface area contributed by atoms with Crippen LogP contribution in [-0.2, 0) is 14.6 Å². The summed E-state index contributed by atoms with van der Waals surface area (Å²) in [5.74, 6) is 0.00183. The zero-order chi connectivity index (χ0) is 10.3. The molecule has 1 saturated carbocycles. The van der Waals surface area contributed by atoms with Crippen LogP contribution >= 0.6 is 0 Å². The van der Waals surface area contributed by atoms with Crippen molar-refractivity contribution in [2.24, 2.45) is 5.92 Å². The van der Waals surface area contributed by atoms with Gasteiger partial charge < -0.3 is 0 Å². The highest BCUT2D eigenvalue weighted by Gasteiger charge is 2.46. The molecule has 1 aliphatic heterocycles. The number of carbonyl (C=O) groups is 1. The van der Waals surface area contributed by atoms with Gasteiger partial charge in [0.1, 0.15) is 5.78 Å². The van der Waals surface area contributed by atoms with Crippen LogP contribution in [0.2, 0.25) is 0 Å². The van der Waals surface area contributed by atoms with Crippen LogP contribution in [0.3, 0.4) is 0 Å². The summed E-state index contributed by atoms with van der Waals surface area (Å²) in [5.41, 5.74) is 0. The number of hydrogen-bond donors (Lipinski definition) is 0. The number of rotatable bonds is 0. The summed E-state index contributed by atoms with van der Waals surface area (Å²) >= 11 is 0. The second-order valence-electron chi connectivity index (χ2n) is 4.50. The highest BCUT2D eigenvalue weighted by atomic mass is 32.2. The summed E-state index contributed by atoms with van der Waals surface area (Å²) in [5, 5.41) is -0.804. The Labute approximate surface area is 84.8 Å². The molecule has 2 aliphatic rings. The molecule has 0 unspecified atom stereocenters. The van der Waals surface area contributed by atoms with Crippen LogP contribution in [0.15, 0.2) is 0 Å². The number of carbonyl (C=O) groups excluding carboxylic acids is 1. The topological polar surface area (TPSA) is 51.2 Å². The van der Waals surface area contributed by atoms with Crippen LogP contribution in [0.4, 0.5) is 0 Å². The molecule has 1 saturated heterocycles. The first kappa shape index (κ1) is 10.1. The van der Waals surface area contributed by atoms with Crippen LogP contribution in [0, 0.1) is 5.92 Å². The number of hydrogen-bond acceptors (Lipinski definition) is 3. The second-order valence-corrected chi connectivity index (χ2v) is 7.09. The molecule has 2 rings (SSSR count). The van der Waals surface area contributed by atoms with Gasteiger partial charge in [-0.3, -0.25) is 4.79 Å². The van der Waals surface area contributed by atoms with E-state index in [1.165, 1.54) is 0 Å². The van der Waals surface area contributed by atoms with E-state index >= 15 is 0 Å². The highest BCUT2D eigenvalue weighted by molar-refractivity contribution is 7.92. The SMILES string of the molecule is C[C@H]1CC(=O)[C@H]2CCCC[C@H]2S1(=O)=O. The van der Waals surface area contributed by atoms with Crippen molar-refractivity contribution in [3.8, 4) is 0 Å². The van der Waals surface area contributed by atoms with Crippen LogP contribution in [0.1, 0.15) is 39.0 Å². The molecule has 80 valence electrons. The molecule has 1 heterocycles. The molecule has 0 N–H and O–H groups in total. The quantitative estimate of drug-likeness (QED) is 0.613. The fourth-order valence-corrected chi connectivity index (χ4v) is 4.94. The third kappa shape index (κ3) is 1.40. The maximum Gasteiger partial charge on any atom is 0.156 e. The number of ketones is 1. The Morgan fingerprint density at radius 3 is 2.57 bits per heavy atom. The van der Waals surface area contributed by atoms with E-state index < -0.39 is 15.1 Å². The average molecular weight is 216 g/mol. The number of sulfone groups is 1. The van der Waals surface area contributed by atoms with Gasteiger partial charge in [-0.15, -0.1) is 0 Å². The molecule has 0 spiro atoms. The van der Waals surface area contributed by atoms with Crippen LogP contribution in [0.25, 0.3) is 0 Å². The molecular formula is C10H16O3S. The summed E-state index contributed by atoms with van der Waals surface area (Å²) in [7, 11) is -3.02. The van der Waals surface area contributed by atoms with E-state index in [0.29, 0.717) is 6.42 Å². The molecule has 0 radical (unpaired) electrons. The third-order valence-corrected chi connectivity index (χ3v) is 6.28. The Bertz CT molecular complexity index is 344. The Hall–Kier alpha value is -0.380. The fraction of sp³-hybridized carbons (Fsp3) is 0.900. The maximum absolute atomic E-state index is 11.9. The summed E-state index contributed by atoms with van der Waals surface area (Å²) < 4.78 is 23.9. The lowest BCUT2D eigenvalue weighted by Crippen LogP contribution is -2.47. The minimum atomic E-state index is -3.02. The second kappa shape index (κ2) is 3.33. The van der Waals surface area contributed by atoms with Crippen molar-refractivity contribution >= 4 is 15.6 Å². The Balaban J connectivity index is 2.35. The van der Waals surface area contributed by atoms with E-state index in [1.807, 2.05) is 0 Å². The van der Waals surface area contributed by atoms with E-state index in [1.54, 1.807) is 6.92 Å². The van der Waals surface area contributed by atoms with Gasteiger partial charge in [-0.05, 0) is 19.8 Å². The Morgan fingerprint density at radius 2 is 1.86 bits per heavy atom. The van der Waals surface area contributed by atoms with E-state index in [9.17, 15) is 13.2 Å². The van der Waals surface area contributed by atoms with Gasteiger partial charge in [0.2, 0.25) is 0 Å². The molecular weight excluding hydrogens is 200 g/mol. The van der Waals surface area contributed by atoms with Crippen LogP contribution in [0.5, 0.6) is 0 Å². The monoisotopic (exact) mass is 216 g/mol. The molecule has 0 amide bonds. The van der Waals surface area contributed by atoms with Crippen LogP contribution in [-0.4, -0.2) is 24.7 Å². The molecule has 3 nitrogen and oxygen atoms in total. The molecule has 0 bridgehead atoms. The van der Waals surface area contributed by atoms with Crippen molar-refractivity contribution in [1.29, 1.82) is 0 Å². The zero-order valence-electron chi connectivity index (χ0n) is 8.40. The van der Waals surface area contributed by atoms with Crippen molar-refractivity contribution in [3.05, 3.63) is 0 Å². The van der Waals surface area contributed by atoms with Crippen molar-refractivity contribution in [3.63, 3.8) is 0 Å². The van der Waals surface area contributed by atoms with Gasteiger partial charge in [0.15, 0.2) is 9.84 Å². The average Bonchev–Trinajstić information content (AvgIpc) is 2.16. The summed E-state index contributed by atoms with van der Waals surface area (Å²) in [6.07, 6.45) is 3.69. The standard InChI is InChI=1S/C10H16O3S/c1-7-6-9(11)8-4-2-3-5-10(8)14(7,12)13/h7-8,10H,2-6H2,1H3/t7-,8+,10+/m0/s1. The predicted octanol–water partition coefficient (Wildman–Crippen LogP) is 1.32. The smallest absolute Gasteiger partial charge is 0.156 e. The summed E-state index contributed by atoms with van der Waals surface area (Å²) in [4.78, 5) is 11.7. The van der Waals surface area contributed by atoms with E-state index in [0.717, 1.165) is 19.3 Å². The Kier molecular flexibility index (Phi) is 2.41. The van der Waals surface area contributed by atoms with Crippen molar-refractivity contribution in [2.45, 2.75) is 49.5 Å². The van der Waals surface area contributed by atoms with E-state index in [-0.39, 0.29) is 23.4 Å². The molecule has 3 atom stereocenters. The van der Waals surface area contributed by atoms with Gasteiger partial charge in [-0.1, -0.05) is 12.8 Å². The van der Waals surface area contributed by atoms with Gasteiger partial charge in [0.25, 0.3) is 0 Å². The van der Waals surface area contributed by atoms with Crippen molar-refractivity contribution < 1.29 is 13.2 Å². The van der Waals surface area contributed by atoms with Gasteiger partial charge in [-0.2, -0.15) is 0 Å². The Morgan fingerprint density at radius 1 is 1.21 bits per heavy atom. The van der Waals surface area contributed by atoms with E-state index in [4.69, 9.17) is 0 Å². The maximum atomic E-state index is 11.9. The molecule has 2 fully saturated rings. The molecule has 0 aromatic rings. The minimum Gasteiger partial charge on any atom is -0.299 e. The highest BCUT2D eigenvalue weighted by Crippen LogP contribution is 2.37. The van der Waals surface area contributed by atoms with Gasteiger partial charge in [0.05, 0.1) is 10.5 Å². The first-order chi connectivity index (χ1) is 6.53. The largest absolute Gasteiger partial charge is 0.299 e. The first-order valence-electron chi connectivity index (χ1n) is 5.29. The first-order valence-corrected chi connectivity index (χ1v) is 6.90. The summed E-state index contributed by atoms with van der Waals surface area (Å²) in [6, 6.07) is 0. The third-order valence-electron chi connectivity index (χ3n) is 3.59. The molecule has 0 aromatic heterocycles. The minimum absolute atomic E-state index is 0.176. The van der Waals surface area contributed by atoms with Gasteiger partial charge in [0, 0.05) is 12.3 Å². The van der Waals surface area contributed by atoms with Gasteiger partial charge in [-0.25, -0.2) is 8.42 Å². The number of Topliss-reactive ketones (excluding diaryl/α,β-unsaturated/α-hetero) is 1. The van der Waals surface area contributed by atoms with Crippen LogP contribution < -0.4 is 0 Å². The molecule has 0 aromatic carbocycles. The lowest BCUT2D eigenvalue weighted by atomic mass is 9.84. The number of fused-ring (bicyclic) bond motifs is 1. The van der Waals surface area contributed by atoms with Crippen molar-refractivity contribution in [2.75, 3.05) is 0 Å². The summed E-state index contributed by atoms with van der Waals surface area (Å²) in [6.45, 7) is 1.66. The lowest BCUT2D eigenvalue weighted by Gasteiger charge is -2.36.